The first kappa shape index (κ1) is 9.93. The second kappa shape index (κ2) is 3.51. The summed E-state index contributed by atoms with van der Waals surface area (Å²) in [7, 11) is 0. The van der Waals surface area contributed by atoms with Crippen LogP contribution in [0.15, 0.2) is 0 Å². The van der Waals surface area contributed by atoms with Gasteiger partial charge in [0.05, 0.1) is 12.2 Å². The Labute approximate surface area is 83.5 Å². The van der Waals surface area contributed by atoms with Crippen LogP contribution in [0.25, 0.3) is 0 Å². The lowest BCUT2D eigenvalue weighted by atomic mass is 9.83. The topological polar surface area (TPSA) is 44.8 Å². The molecule has 0 unspecified atom stereocenters. The number of cyclic esters (lactones) is 1. The van der Waals surface area contributed by atoms with E-state index in [0.29, 0.717) is 5.92 Å². The molecule has 0 saturated carbocycles. The van der Waals surface area contributed by atoms with E-state index in [4.69, 9.17) is 14.2 Å². The van der Waals surface area contributed by atoms with Crippen molar-refractivity contribution in [2.75, 3.05) is 6.79 Å². The second-order valence-corrected chi connectivity index (χ2v) is 4.19. The molecule has 0 aromatic heterocycles. The molecule has 2 saturated heterocycles. The maximum Gasteiger partial charge on any atom is 0.337 e. The Hall–Kier alpha value is -0.610. The number of carbonyl (C=O) groups excluding carboxylic acids is 1. The van der Waals surface area contributed by atoms with E-state index in [1.807, 2.05) is 13.8 Å². The number of rotatable bonds is 0. The largest absolute Gasteiger partial charge is 0.437 e. The highest BCUT2D eigenvalue weighted by Crippen LogP contribution is 2.34. The van der Waals surface area contributed by atoms with Gasteiger partial charge in [0.1, 0.15) is 0 Å². The van der Waals surface area contributed by atoms with Crippen LogP contribution in [0, 0.1) is 11.8 Å². The quantitative estimate of drug-likeness (QED) is 0.546. The Morgan fingerprint density at radius 3 is 2.64 bits per heavy atom. The van der Waals surface area contributed by atoms with Crippen LogP contribution in [0.5, 0.6) is 0 Å². The number of hydrogen-bond donors (Lipinski definition) is 0. The van der Waals surface area contributed by atoms with Crippen molar-refractivity contribution in [1.29, 1.82) is 0 Å². The van der Waals surface area contributed by atoms with Gasteiger partial charge in [-0.15, -0.1) is 0 Å². The first-order chi connectivity index (χ1) is 6.61. The molecule has 2 rings (SSSR count). The Balaban J connectivity index is 2.24. The normalized spacial score (nSPS) is 48.2. The zero-order chi connectivity index (χ0) is 10.3. The average molecular weight is 200 g/mol. The third kappa shape index (κ3) is 1.42. The van der Waals surface area contributed by atoms with Gasteiger partial charge >= 0.3 is 5.97 Å². The predicted molar refractivity (Wildman–Crippen MR) is 48.5 cm³/mol. The van der Waals surface area contributed by atoms with E-state index >= 15 is 0 Å². The van der Waals surface area contributed by atoms with Gasteiger partial charge in [-0.2, -0.15) is 0 Å². The van der Waals surface area contributed by atoms with E-state index in [0.717, 1.165) is 0 Å². The fourth-order valence-corrected chi connectivity index (χ4v) is 2.22. The number of carbonyl (C=O) groups is 1. The molecule has 2 heterocycles. The molecule has 0 spiro atoms. The Morgan fingerprint density at radius 2 is 1.93 bits per heavy atom. The van der Waals surface area contributed by atoms with Crippen LogP contribution < -0.4 is 0 Å². The van der Waals surface area contributed by atoms with Crippen molar-refractivity contribution in [3.8, 4) is 0 Å². The van der Waals surface area contributed by atoms with Crippen LogP contribution in [0.4, 0.5) is 0 Å². The van der Waals surface area contributed by atoms with E-state index in [-0.39, 0.29) is 30.9 Å². The summed E-state index contributed by atoms with van der Waals surface area (Å²) in [6, 6.07) is 0. The average Bonchev–Trinajstić information content (AvgIpc) is 2.24. The van der Waals surface area contributed by atoms with Crippen molar-refractivity contribution in [2.24, 2.45) is 11.8 Å². The van der Waals surface area contributed by atoms with Crippen LogP contribution in [0.3, 0.4) is 0 Å². The fourth-order valence-electron chi connectivity index (χ4n) is 2.22. The molecule has 2 bridgehead atoms. The Bertz CT molecular complexity index is 240. The van der Waals surface area contributed by atoms with E-state index in [1.165, 1.54) is 0 Å². The first-order valence-electron chi connectivity index (χ1n) is 5.05. The summed E-state index contributed by atoms with van der Waals surface area (Å²) in [4.78, 5) is 11.5. The lowest BCUT2D eigenvalue weighted by Gasteiger charge is -2.39. The van der Waals surface area contributed by atoms with Crippen LogP contribution >= 0.6 is 0 Å². The smallest absolute Gasteiger partial charge is 0.337 e. The fraction of sp³-hybridized carbons (Fsp3) is 0.900. The molecule has 14 heavy (non-hydrogen) atoms. The molecule has 0 radical (unpaired) electrons. The highest BCUT2D eigenvalue weighted by atomic mass is 16.7. The monoisotopic (exact) mass is 200 g/mol. The third-order valence-corrected chi connectivity index (χ3v) is 3.31. The molecule has 0 amide bonds. The zero-order valence-electron chi connectivity index (χ0n) is 8.73. The number of ether oxygens (including phenoxy) is 3. The minimum atomic E-state index is -0.450. The Kier molecular flexibility index (Phi) is 2.49. The third-order valence-electron chi connectivity index (χ3n) is 3.31. The first-order valence-corrected chi connectivity index (χ1v) is 5.05. The molecule has 0 aromatic rings. The van der Waals surface area contributed by atoms with E-state index in [2.05, 4.69) is 6.92 Å². The van der Waals surface area contributed by atoms with Gasteiger partial charge in [0.15, 0.2) is 12.9 Å². The summed E-state index contributed by atoms with van der Waals surface area (Å²) < 4.78 is 16.0. The summed E-state index contributed by atoms with van der Waals surface area (Å²) >= 11 is 0. The van der Waals surface area contributed by atoms with Gasteiger partial charge in [0, 0.05) is 11.8 Å². The van der Waals surface area contributed by atoms with Gasteiger partial charge in [0.25, 0.3) is 0 Å². The molecule has 4 nitrogen and oxygen atoms in total. The van der Waals surface area contributed by atoms with Crippen molar-refractivity contribution >= 4 is 5.97 Å². The Morgan fingerprint density at radius 1 is 1.21 bits per heavy atom. The van der Waals surface area contributed by atoms with Gasteiger partial charge in [-0.1, -0.05) is 13.8 Å². The van der Waals surface area contributed by atoms with Gasteiger partial charge in [-0.25, -0.2) is 4.79 Å². The molecule has 80 valence electrons. The summed E-state index contributed by atoms with van der Waals surface area (Å²) in [6.07, 6.45) is -0.337. The summed E-state index contributed by atoms with van der Waals surface area (Å²) in [5, 5.41) is 0. The van der Waals surface area contributed by atoms with E-state index in [1.54, 1.807) is 0 Å². The van der Waals surface area contributed by atoms with Crippen LogP contribution in [-0.2, 0) is 19.0 Å². The molecule has 2 aliphatic rings. The molecule has 2 fully saturated rings. The van der Waals surface area contributed by atoms with Crippen LogP contribution in [0.2, 0.25) is 0 Å². The van der Waals surface area contributed by atoms with Crippen molar-refractivity contribution in [2.45, 2.75) is 39.1 Å². The number of hydrogen-bond acceptors (Lipinski definition) is 4. The molecule has 0 N–H and O–H groups in total. The van der Waals surface area contributed by atoms with Crippen molar-refractivity contribution in [3.63, 3.8) is 0 Å². The SMILES string of the molecule is C[C@@H]1[C@@H]2OCOC(=O)[C@H]1O[C@@H](C)[C@H]2C. The molecule has 0 aromatic carbocycles. The lowest BCUT2D eigenvalue weighted by molar-refractivity contribution is -0.172. The van der Waals surface area contributed by atoms with Crippen molar-refractivity contribution in [1.82, 2.24) is 0 Å². The van der Waals surface area contributed by atoms with E-state index in [9.17, 15) is 4.79 Å². The standard InChI is InChI=1S/C10H16O4/c1-5-7(3)14-9-6(2)8(5)12-4-13-10(9)11/h5-9H,4H2,1-3H3/t5-,6-,7+,8-,9+/m1/s1. The number of esters is 1. The summed E-state index contributed by atoms with van der Waals surface area (Å²) in [5.74, 6) is 0.0886. The molecule has 0 aliphatic carbocycles. The molecular weight excluding hydrogens is 184 g/mol. The van der Waals surface area contributed by atoms with Crippen LogP contribution in [0.1, 0.15) is 20.8 Å². The minimum Gasteiger partial charge on any atom is -0.437 e. The molecule has 5 atom stereocenters. The van der Waals surface area contributed by atoms with Gasteiger partial charge in [0.2, 0.25) is 0 Å². The molecule has 4 heteroatoms. The minimum absolute atomic E-state index is 0.0480. The van der Waals surface area contributed by atoms with Crippen LogP contribution in [-0.4, -0.2) is 31.1 Å². The lowest BCUT2D eigenvalue weighted by Crippen LogP contribution is -2.50. The highest BCUT2D eigenvalue weighted by Gasteiger charge is 2.46. The summed E-state index contributed by atoms with van der Waals surface area (Å²) in [5.41, 5.74) is 0. The maximum absolute atomic E-state index is 11.5. The maximum atomic E-state index is 11.5. The van der Waals surface area contributed by atoms with Gasteiger partial charge in [-0.3, -0.25) is 0 Å². The molecule has 2 aliphatic heterocycles. The molecular formula is C10H16O4. The van der Waals surface area contributed by atoms with Gasteiger partial charge in [-0.05, 0) is 6.92 Å². The van der Waals surface area contributed by atoms with Crippen molar-refractivity contribution < 1.29 is 19.0 Å². The van der Waals surface area contributed by atoms with Crippen molar-refractivity contribution in [3.05, 3.63) is 0 Å². The number of fused-ring (bicyclic) bond motifs is 2. The predicted octanol–water partition coefficient (Wildman–Crippen LogP) is 0.945. The zero-order valence-corrected chi connectivity index (χ0v) is 8.73. The summed E-state index contributed by atoms with van der Waals surface area (Å²) in [6.45, 7) is 6.09. The highest BCUT2D eigenvalue weighted by molar-refractivity contribution is 5.75. The van der Waals surface area contributed by atoms with Gasteiger partial charge < -0.3 is 14.2 Å². The van der Waals surface area contributed by atoms with E-state index < -0.39 is 6.10 Å². The second-order valence-electron chi connectivity index (χ2n) is 4.19.